The SMILES string of the molecule is CCOC(=O)Nc1cccc(C(=O)OCC(=O)N(CCC#N)c2ccc(OCC)cc2)c1. The van der Waals surface area contributed by atoms with E-state index < -0.39 is 24.6 Å². The zero-order valence-electron chi connectivity index (χ0n) is 18.0. The minimum absolute atomic E-state index is 0.120. The van der Waals surface area contributed by atoms with Gasteiger partial charge in [-0.05, 0) is 56.3 Å². The molecule has 0 fully saturated rings. The Labute approximate surface area is 186 Å². The molecule has 0 radical (unpaired) electrons. The third-order valence-corrected chi connectivity index (χ3v) is 4.15. The molecule has 9 nitrogen and oxygen atoms in total. The van der Waals surface area contributed by atoms with Gasteiger partial charge in [-0.1, -0.05) is 6.07 Å². The number of benzene rings is 2. The van der Waals surface area contributed by atoms with Gasteiger partial charge in [0.25, 0.3) is 5.91 Å². The molecule has 9 heteroatoms. The van der Waals surface area contributed by atoms with Crippen LogP contribution in [0.1, 0.15) is 30.6 Å². The predicted octanol–water partition coefficient (Wildman–Crippen LogP) is 3.76. The first-order valence-electron chi connectivity index (χ1n) is 10.1. The van der Waals surface area contributed by atoms with Crippen LogP contribution in [0.2, 0.25) is 0 Å². The minimum Gasteiger partial charge on any atom is -0.494 e. The van der Waals surface area contributed by atoms with Gasteiger partial charge in [-0.3, -0.25) is 10.1 Å². The molecule has 0 atom stereocenters. The Bertz CT molecular complexity index is 968. The number of esters is 1. The van der Waals surface area contributed by atoms with Crippen molar-refractivity contribution in [3.05, 3.63) is 54.1 Å². The average Bonchev–Trinajstić information content (AvgIpc) is 2.79. The molecule has 0 saturated heterocycles. The van der Waals surface area contributed by atoms with Crippen molar-refractivity contribution in [3.8, 4) is 11.8 Å². The fourth-order valence-electron chi connectivity index (χ4n) is 2.75. The van der Waals surface area contributed by atoms with Gasteiger partial charge < -0.3 is 19.1 Å². The van der Waals surface area contributed by atoms with Crippen LogP contribution in [0.3, 0.4) is 0 Å². The van der Waals surface area contributed by atoms with E-state index in [9.17, 15) is 14.4 Å². The van der Waals surface area contributed by atoms with Crippen molar-refractivity contribution in [1.82, 2.24) is 0 Å². The second-order valence-electron chi connectivity index (χ2n) is 6.38. The lowest BCUT2D eigenvalue weighted by molar-refractivity contribution is -0.121. The van der Waals surface area contributed by atoms with Gasteiger partial charge in [0.2, 0.25) is 0 Å². The summed E-state index contributed by atoms with van der Waals surface area (Å²) in [4.78, 5) is 38.0. The standard InChI is InChI=1S/C23H25N3O6/c1-3-30-20-11-9-19(10-12-20)26(14-6-13-24)21(27)16-32-22(28)17-7-5-8-18(15-17)25-23(29)31-4-2/h5,7-12,15H,3-4,6,14,16H2,1-2H3,(H,25,29). The Balaban J connectivity index is 2.03. The molecular formula is C23H25N3O6. The third kappa shape index (κ3) is 7.32. The number of rotatable bonds is 10. The van der Waals surface area contributed by atoms with Crippen LogP contribution in [0.5, 0.6) is 5.75 Å². The first kappa shape index (κ1) is 24.2. The van der Waals surface area contributed by atoms with Gasteiger partial charge in [0, 0.05) is 17.9 Å². The lowest BCUT2D eigenvalue weighted by Gasteiger charge is -2.22. The highest BCUT2D eigenvalue weighted by molar-refractivity contribution is 5.97. The molecule has 0 aromatic heterocycles. The molecule has 0 aliphatic rings. The molecule has 0 aliphatic carbocycles. The van der Waals surface area contributed by atoms with Gasteiger partial charge >= 0.3 is 12.1 Å². The highest BCUT2D eigenvalue weighted by Crippen LogP contribution is 2.20. The average molecular weight is 439 g/mol. The zero-order valence-corrected chi connectivity index (χ0v) is 18.0. The van der Waals surface area contributed by atoms with Crippen molar-refractivity contribution < 1.29 is 28.6 Å². The normalized spacial score (nSPS) is 9.91. The van der Waals surface area contributed by atoms with Crippen LogP contribution in [0.4, 0.5) is 16.2 Å². The summed E-state index contributed by atoms with van der Waals surface area (Å²) < 4.78 is 15.4. The van der Waals surface area contributed by atoms with E-state index in [2.05, 4.69) is 5.32 Å². The summed E-state index contributed by atoms with van der Waals surface area (Å²) in [6, 6.07) is 14.9. The summed E-state index contributed by atoms with van der Waals surface area (Å²) in [5.74, 6) is -0.539. The van der Waals surface area contributed by atoms with Crippen molar-refractivity contribution in [1.29, 1.82) is 5.26 Å². The lowest BCUT2D eigenvalue weighted by Crippen LogP contribution is -2.35. The Kier molecular flexibility index (Phi) is 9.53. The maximum Gasteiger partial charge on any atom is 0.411 e. The van der Waals surface area contributed by atoms with Crippen LogP contribution in [0.15, 0.2) is 48.5 Å². The predicted molar refractivity (Wildman–Crippen MR) is 118 cm³/mol. The van der Waals surface area contributed by atoms with Crippen molar-refractivity contribution >= 4 is 29.3 Å². The maximum absolute atomic E-state index is 12.7. The number of amides is 2. The Morgan fingerprint density at radius 3 is 2.44 bits per heavy atom. The number of nitrogens with zero attached hydrogens (tertiary/aromatic N) is 2. The summed E-state index contributed by atoms with van der Waals surface area (Å²) in [6.07, 6.45) is -0.522. The van der Waals surface area contributed by atoms with Crippen LogP contribution in [0.25, 0.3) is 0 Å². The third-order valence-electron chi connectivity index (χ3n) is 4.15. The Morgan fingerprint density at radius 2 is 1.78 bits per heavy atom. The molecule has 0 aliphatic heterocycles. The van der Waals surface area contributed by atoms with E-state index in [1.54, 1.807) is 43.3 Å². The molecule has 0 bridgehead atoms. The van der Waals surface area contributed by atoms with Gasteiger partial charge in [-0.2, -0.15) is 5.26 Å². The van der Waals surface area contributed by atoms with Gasteiger partial charge in [-0.25, -0.2) is 9.59 Å². The molecule has 2 aromatic rings. The van der Waals surface area contributed by atoms with Crippen LogP contribution in [-0.4, -0.2) is 44.3 Å². The smallest absolute Gasteiger partial charge is 0.411 e. The number of anilines is 2. The molecule has 1 N–H and O–H groups in total. The van der Waals surface area contributed by atoms with Gasteiger partial charge in [0.15, 0.2) is 6.61 Å². The Hall–Kier alpha value is -4.06. The van der Waals surface area contributed by atoms with E-state index in [0.29, 0.717) is 23.7 Å². The van der Waals surface area contributed by atoms with Crippen molar-refractivity contribution in [2.24, 2.45) is 0 Å². The van der Waals surface area contributed by atoms with Gasteiger partial charge in [0.1, 0.15) is 5.75 Å². The summed E-state index contributed by atoms with van der Waals surface area (Å²) in [7, 11) is 0. The van der Waals surface area contributed by atoms with Crippen LogP contribution in [-0.2, 0) is 14.3 Å². The van der Waals surface area contributed by atoms with Crippen molar-refractivity contribution in [3.63, 3.8) is 0 Å². The molecule has 0 heterocycles. The highest BCUT2D eigenvalue weighted by atomic mass is 16.5. The molecule has 2 amide bonds. The van der Waals surface area contributed by atoms with E-state index in [-0.39, 0.29) is 25.1 Å². The molecule has 2 aromatic carbocycles. The maximum atomic E-state index is 12.7. The van der Waals surface area contributed by atoms with E-state index in [0.717, 1.165) is 0 Å². The number of nitrogens with one attached hydrogen (secondary N) is 1. The lowest BCUT2D eigenvalue weighted by atomic mass is 10.2. The number of carbonyl (C=O) groups is 3. The van der Waals surface area contributed by atoms with Crippen LogP contribution >= 0.6 is 0 Å². The first-order chi connectivity index (χ1) is 15.5. The van der Waals surface area contributed by atoms with E-state index in [4.69, 9.17) is 19.5 Å². The molecule has 2 rings (SSSR count). The second-order valence-corrected chi connectivity index (χ2v) is 6.38. The van der Waals surface area contributed by atoms with E-state index >= 15 is 0 Å². The number of hydrogen-bond donors (Lipinski definition) is 1. The minimum atomic E-state index is -0.724. The van der Waals surface area contributed by atoms with Crippen LogP contribution < -0.4 is 15.0 Å². The monoisotopic (exact) mass is 439 g/mol. The van der Waals surface area contributed by atoms with E-state index in [1.807, 2.05) is 13.0 Å². The fourth-order valence-corrected chi connectivity index (χ4v) is 2.75. The number of carbonyl (C=O) groups excluding carboxylic acids is 3. The topological polar surface area (TPSA) is 118 Å². The largest absolute Gasteiger partial charge is 0.494 e. The summed E-state index contributed by atoms with van der Waals surface area (Å²) in [5, 5.41) is 11.4. The molecule has 0 unspecified atom stereocenters. The molecule has 32 heavy (non-hydrogen) atoms. The van der Waals surface area contributed by atoms with E-state index in [1.165, 1.54) is 17.0 Å². The molecular weight excluding hydrogens is 414 g/mol. The summed E-state index contributed by atoms with van der Waals surface area (Å²) >= 11 is 0. The van der Waals surface area contributed by atoms with Crippen molar-refractivity contribution in [2.75, 3.05) is 36.6 Å². The first-order valence-corrected chi connectivity index (χ1v) is 10.1. The number of nitriles is 1. The number of hydrogen-bond acceptors (Lipinski definition) is 7. The van der Waals surface area contributed by atoms with Gasteiger partial charge in [-0.15, -0.1) is 0 Å². The quantitative estimate of drug-likeness (QED) is 0.560. The van der Waals surface area contributed by atoms with Crippen LogP contribution in [0, 0.1) is 11.3 Å². The number of ether oxygens (including phenoxy) is 3. The summed E-state index contributed by atoms with van der Waals surface area (Å²) in [6.45, 7) is 3.92. The van der Waals surface area contributed by atoms with Gasteiger partial charge in [0.05, 0.1) is 31.3 Å². The molecule has 168 valence electrons. The fraction of sp³-hybridized carbons (Fsp3) is 0.304. The summed E-state index contributed by atoms with van der Waals surface area (Å²) in [5.41, 5.74) is 1.08. The highest BCUT2D eigenvalue weighted by Gasteiger charge is 2.19. The van der Waals surface area contributed by atoms with Crippen molar-refractivity contribution in [2.45, 2.75) is 20.3 Å². The second kappa shape index (κ2) is 12.6. The molecule has 0 spiro atoms. The molecule has 0 saturated carbocycles. The Morgan fingerprint density at radius 1 is 1.03 bits per heavy atom. The zero-order chi connectivity index (χ0) is 23.3.